The summed E-state index contributed by atoms with van der Waals surface area (Å²) >= 11 is 2.19. The average Bonchev–Trinajstić information content (AvgIpc) is 2.29. The Morgan fingerprint density at radius 3 is 2.29 bits per heavy atom. The van der Waals surface area contributed by atoms with Crippen molar-refractivity contribution in [2.45, 2.75) is 0 Å². The maximum Gasteiger partial charge on any atom is 0.341 e. The van der Waals surface area contributed by atoms with Gasteiger partial charge in [0, 0.05) is 9.26 Å². The first-order chi connectivity index (χ1) is 8.08. The van der Waals surface area contributed by atoms with E-state index in [0.29, 0.717) is 5.69 Å². The van der Waals surface area contributed by atoms with Crippen molar-refractivity contribution in [1.82, 2.24) is 4.98 Å². The third-order valence-electron chi connectivity index (χ3n) is 2.30. The number of hydrogen-bond acceptors (Lipinski definition) is 2. The second-order valence-electron chi connectivity index (χ2n) is 3.43. The fourth-order valence-electron chi connectivity index (χ4n) is 1.44. The summed E-state index contributed by atoms with van der Waals surface area (Å²) in [6.45, 7) is 0. The Balaban J connectivity index is 2.48. The topological polar surface area (TPSA) is 70.2 Å². The summed E-state index contributed by atoms with van der Waals surface area (Å²) in [5.74, 6) is -1.22. The van der Waals surface area contributed by atoms with Gasteiger partial charge in [0.25, 0.3) is 5.56 Å². The van der Waals surface area contributed by atoms with Crippen LogP contribution in [-0.2, 0) is 0 Å². The van der Waals surface area contributed by atoms with Crippen molar-refractivity contribution in [2.75, 3.05) is 0 Å². The standard InChI is InChI=1S/C12H8INO3/c13-8-3-1-7(2-4-8)10-6-5-9(12(16)17)11(15)14-10/h1-6H,(H,14,15)(H,16,17). The summed E-state index contributed by atoms with van der Waals surface area (Å²) in [6, 6.07) is 10.5. The molecule has 0 spiro atoms. The van der Waals surface area contributed by atoms with Gasteiger partial charge in [-0.15, -0.1) is 0 Å². The van der Waals surface area contributed by atoms with Crippen LogP contribution in [0.3, 0.4) is 0 Å². The van der Waals surface area contributed by atoms with Crippen LogP contribution in [0.1, 0.15) is 10.4 Å². The number of pyridine rings is 1. The first-order valence-corrected chi connectivity index (χ1v) is 5.88. The first kappa shape index (κ1) is 11.8. The SMILES string of the molecule is O=C(O)c1ccc(-c2ccc(I)cc2)[nH]c1=O. The molecule has 1 aromatic carbocycles. The van der Waals surface area contributed by atoms with Gasteiger partial charge in [0.2, 0.25) is 0 Å². The van der Waals surface area contributed by atoms with Crippen molar-refractivity contribution in [3.63, 3.8) is 0 Å². The molecule has 0 aliphatic rings. The average molecular weight is 341 g/mol. The third kappa shape index (κ3) is 2.55. The van der Waals surface area contributed by atoms with E-state index in [1.165, 1.54) is 6.07 Å². The molecule has 2 rings (SSSR count). The molecule has 0 radical (unpaired) electrons. The van der Waals surface area contributed by atoms with Crippen LogP contribution in [0, 0.1) is 3.57 Å². The number of carboxylic acids is 1. The number of aromatic carboxylic acids is 1. The Hall–Kier alpha value is -1.63. The van der Waals surface area contributed by atoms with Crippen LogP contribution in [0.5, 0.6) is 0 Å². The highest BCUT2D eigenvalue weighted by Gasteiger charge is 2.09. The summed E-state index contributed by atoms with van der Waals surface area (Å²) in [4.78, 5) is 24.7. The van der Waals surface area contributed by atoms with Crippen LogP contribution >= 0.6 is 22.6 Å². The van der Waals surface area contributed by atoms with Gasteiger partial charge in [0.1, 0.15) is 5.56 Å². The summed E-state index contributed by atoms with van der Waals surface area (Å²) in [5.41, 5.74) is 0.615. The van der Waals surface area contributed by atoms with E-state index in [-0.39, 0.29) is 5.56 Å². The monoisotopic (exact) mass is 341 g/mol. The molecule has 86 valence electrons. The van der Waals surface area contributed by atoms with Crippen molar-refractivity contribution in [3.8, 4) is 11.3 Å². The second-order valence-corrected chi connectivity index (χ2v) is 4.67. The number of benzene rings is 1. The zero-order chi connectivity index (χ0) is 12.4. The number of hydrogen-bond donors (Lipinski definition) is 2. The molecule has 1 aromatic heterocycles. The number of aromatic amines is 1. The zero-order valence-electron chi connectivity index (χ0n) is 8.61. The van der Waals surface area contributed by atoms with Crippen LogP contribution in [0.4, 0.5) is 0 Å². The maximum atomic E-state index is 11.5. The highest BCUT2D eigenvalue weighted by Crippen LogP contribution is 2.17. The third-order valence-corrected chi connectivity index (χ3v) is 3.01. The molecule has 0 amide bonds. The lowest BCUT2D eigenvalue weighted by atomic mass is 10.1. The molecule has 0 unspecified atom stereocenters. The normalized spacial score (nSPS) is 10.2. The molecule has 2 aromatic rings. The van der Waals surface area contributed by atoms with Gasteiger partial charge in [0.05, 0.1) is 0 Å². The molecular formula is C12H8INO3. The van der Waals surface area contributed by atoms with Gasteiger partial charge in [-0.1, -0.05) is 12.1 Å². The van der Waals surface area contributed by atoms with Crippen molar-refractivity contribution in [3.05, 3.63) is 55.9 Å². The van der Waals surface area contributed by atoms with Crippen molar-refractivity contribution in [2.24, 2.45) is 0 Å². The smallest absolute Gasteiger partial charge is 0.341 e. The van der Waals surface area contributed by atoms with Crippen molar-refractivity contribution in [1.29, 1.82) is 0 Å². The van der Waals surface area contributed by atoms with Gasteiger partial charge in [-0.05, 0) is 52.4 Å². The van der Waals surface area contributed by atoms with Crippen molar-refractivity contribution >= 4 is 28.6 Å². The molecule has 1 heterocycles. The van der Waals surface area contributed by atoms with Gasteiger partial charge >= 0.3 is 5.97 Å². The Bertz CT molecular complexity index is 616. The molecular weight excluding hydrogens is 333 g/mol. The van der Waals surface area contributed by atoms with Crippen LogP contribution < -0.4 is 5.56 Å². The molecule has 17 heavy (non-hydrogen) atoms. The number of rotatable bonds is 2. The lowest BCUT2D eigenvalue weighted by Crippen LogP contribution is -2.17. The molecule has 0 saturated heterocycles. The fourth-order valence-corrected chi connectivity index (χ4v) is 1.80. The van der Waals surface area contributed by atoms with Crippen LogP contribution in [-0.4, -0.2) is 16.1 Å². The van der Waals surface area contributed by atoms with E-state index in [2.05, 4.69) is 27.6 Å². The minimum absolute atomic E-state index is 0.251. The number of carbonyl (C=O) groups is 1. The predicted octanol–water partition coefficient (Wildman–Crippen LogP) is 2.34. The first-order valence-electron chi connectivity index (χ1n) is 4.80. The summed E-state index contributed by atoms with van der Waals surface area (Å²) in [7, 11) is 0. The Labute approximate surface area is 110 Å². The molecule has 2 N–H and O–H groups in total. The van der Waals surface area contributed by atoms with E-state index in [1.807, 2.05) is 24.3 Å². The highest BCUT2D eigenvalue weighted by molar-refractivity contribution is 14.1. The molecule has 0 fully saturated rings. The number of aromatic nitrogens is 1. The minimum Gasteiger partial charge on any atom is -0.477 e. The van der Waals surface area contributed by atoms with Crippen LogP contribution in [0.2, 0.25) is 0 Å². The minimum atomic E-state index is -1.22. The van der Waals surface area contributed by atoms with Gasteiger partial charge in [-0.2, -0.15) is 0 Å². The summed E-state index contributed by atoms with van der Waals surface area (Å²) < 4.78 is 1.09. The summed E-state index contributed by atoms with van der Waals surface area (Å²) in [6.07, 6.45) is 0. The summed E-state index contributed by atoms with van der Waals surface area (Å²) in [5, 5.41) is 8.74. The van der Waals surface area contributed by atoms with Gasteiger partial charge < -0.3 is 10.1 Å². The number of carboxylic acid groups (broad SMARTS) is 1. The molecule has 0 atom stereocenters. The van der Waals surface area contributed by atoms with Gasteiger partial charge in [-0.25, -0.2) is 4.79 Å². The van der Waals surface area contributed by atoms with Crippen LogP contribution in [0.15, 0.2) is 41.2 Å². The lowest BCUT2D eigenvalue weighted by molar-refractivity contribution is 0.0695. The van der Waals surface area contributed by atoms with E-state index in [1.54, 1.807) is 6.07 Å². The molecule has 0 aliphatic heterocycles. The van der Waals surface area contributed by atoms with Gasteiger partial charge in [-0.3, -0.25) is 4.79 Å². The molecule has 0 bridgehead atoms. The second kappa shape index (κ2) is 4.70. The van der Waals surface area contributed by atoms with E-state index >= 15 is 0 Å². The largest absolute Gasteiger partial charge is 0.477 e. The molecule has 0 aliphatic carbocycles. The van der Waals surface area contributed by atoms with E-state index < -0.39 is 11.5 Å². The van der Waals surface area contributed by atoms with Crippen LogP contribution in [0.25, 0.3) is 11.3 Å². The molecule has 5 heteroatoms. The van der Waals surface area contributed by atoms with E-state index in [9.17, 15) is 9.59 Å². The van der Waals surface area contributed by atoms with Crippen molar-refractivity contribution < 1.29 is 9.90 Å². The Morgan fingerprint density at radius 2 is 1.76 bits per heavy atom. The number of halogens is 1. The lowest BCUT2D eigenvalue weighted by Gasteiger charge is -2.02. The molecule has 4 nitrogen and oxygen atoms in total. The highest BCUT2D eigenvalue weighted by atomic mass is 127. The van der Waals surface area contributed by atoms with Gasteiger partial charge in [0.15, 0.2) is 0 Å². The Morgan fingerprint density at radius 1 is 1.12 bits per heavy atom. The quantitative estimate of drug-likeness (QED) is 0.824. The fraction of sp³-hybridized carbons (Fsp3) is 0. The number of nitrogens with one attached hydrogen (secondary N) is 1. The van der Waals surface area contributed by atoms with E-state index in [4.69, 9.17) is 5.11 Å². The zero-order valence-corrected chi connectivity index (χ0v) is 10.8. The predicted molar refractivity (Wildman–Crippen MR) is 72.2 cm³/mol. The van der Waals surface area contributed by atoms with E-state index in [0.717, 1.165) is 9.13 Å². The maximum absolute atomic E-state index is 11.5. The Kier molecular flexibility index (Phi) is 3.28. The molecule has 0 saturated carbocycles. The number of H-pyrrole nitrogens is 1.